The molecule has 0 bridgehead atoms. The first-order chi connectivity index (χ1) is 7.78. The molecule has 1 saturated carbocycles. The number of ether oxygens (including phenoxy) is 1. The predicted octanol–water partition coefficient (Wildman–Crippen LogP) is 2.42. The zero-order chi connectivity index (χ0) is 11.4. The molecule has 16 heavy (non-hydrogen) atoms. The number of pyridine rings is 1. The van der Waals surface area contributed by atoms with Gasteiger partial charge >= 0.3 is 0 Å². The maximum Gasteiger partial charge on any atom is 0.213 e. The lowest BCUT2D eigenvalue weighted by Crippen LogP contribution is -2.10. The molecule has 1 aliphatic rings. The summed E-state index contributed by atoms with van der Waals surface area (Å²) in [4.78, 5) is 4.36. The molecule has 1 heterocycles. The summed E-state index contributed by atoms with van der Waals surface area (Å²) in [6.45, 7) is 3.32. The van der Waals surface area contributed by atoms with E-state index in [1.807, 2.05) is 19.1 Å². The number of nitrogens with zero attached hydrogens (tertiary/aromatic N) is 1. The van der Waals surface area contributed by atoms with Gasteiger partial charge in [-0.3, -0.25) is 0 Å². The van der Waals surface area contributed by atoms with Crippen molar-refractivity contribution >= 4 is 0 Å². The highest BCUT2D eigenvalue weighted by molar-refractivity contribution is 5.24. The van der Waals surface area contributed by atoms with Crippen LogP contribution in [0.15, 0.2) is 12.1 Å². The Hall–Kier alpha value is -1.09. The lowest BCUT2D eigenvalue weighted by molar-refractivity contribution is 0.243. The monoisotopic (exact) mass is 220 g/mol. The summed E-state index contributed by atoms with van der Waals surface area (Å²) in [5, 5.41) is 0. The molecule has 2 rings (SSSR count). The van der Waals surface area contributed by atoms with Crippen molar-refractivity contribution in [3.05, 3.63) is 23.4 Å². The average Bonchev–Trinajstić information content (AvgIpc) is 2.78. The molecular formula is C13H20N2O. The molecule has 1 aliphatic carbocycles. The number of aryl methyl sites for hydroxylation is 1. The second-order valence-electron chi connectivity index (χ2n) is 4.62. The fraction of sp³-hybridized carbons (Fsp3) is 0.615. The van der Waals surface area contributed by atoms with E-state index in [9.17, 15) is 0 Å². The van der Waals surface area contributed by atoms with Gasteiger partial charge in [0.05, 0.1) is 6.61 Å². The Labute approximate surface area is 97.0 Å². The Morgan fingerprint density at radius 2 is 2.12 bits per heavy atom. The van der Waals surface area contributed by atoms with Gasteiger partial charge in [-0.05, 0) is 37.3 Å². The van der Waals surface area contributed by atoms with E-state index in [0.717, 1.165) is 29.7 Å². The van der Waals surface area contributed by atoms with Crippen molar-refractivity contribution in [3.63, 3.8) is 0 Å². The quantitative estimate of drug-likeness (QED) is 0.847. The van der Waals surface area contributed by atoms with Crippen molar-refractivity contribution in [2.24, 2.45) is 11.7 Å². The number of aromatic nitrogens is 1. The van der Waals surface area contributed by atoms with E-state index in [1.54, 1.807) is 0 Å². The summed E-state index contributed by atoms with van der Waals surface area (Å²) in [6.07, 6.45) is 5.30. The average molecular weight is 220 g/mol. The van der Waals surface area contributed by atoms with Gasteiger partial charge in [0.25, 0.3) is 0 Å². The molecule has 1 fully saturated rings. The SMILES string of the molecule is Cc1cc(CN)cc(OCC2CCCC2)n1. The molecule has 88 valence electrons. The Morgan fingerprint density at radius 3 is 2.81 bits per heavy atom. The number of hydrogen-bond acceptors (Lipinski definition) is 3. The van der Waals surface area contributed by atoms with Crippen molar-refractivity contribution in [1.82, 2.24) is 4.98 Å². The number of rotatable bonds is 4. The van der Waals surface area contributed by atoms with Crippen molar-refractivity contribution < 1.29 is 4.74 Å². The highest BCUT2D eigenvalue weighted by Gasteiger charge is 2.15. The Kier molecular flexibility index (Phi) is 3.78. The van der Waals surface area contributed by atoms with Crippen LogP contribution in [0, 0.1) is 12.8 Å². The van der Waals surface area contributed by atoms with Gasteiger partial charge in [-0.25, -0.2) is 4.98 Å². The third-order valence-electron chi connectivity index (χ3n) is 3.17. The van der Waals surface area contributed by atoms with Crippen LogP contribution in [0.3, 0.4) is 0 Å². The maximum absolute atomic E-state index is 5.75. The Morgan fingerprint density at radius 1 is 1.38 bits per heavy atom. The maximum atomic E-state index is 5.75. The topological polar surface area (TPSA) is 48.1 Å². The molecule has 1 aromatic heterocycles. The third kappa shape index (κ3) is 2.95. The van der Waals surface area contributed by atoms with Crippen LogP contribution in [0.5, 0.6) is 5.88 Å². The first-order valence-electron chi connectivity index (χ1n) is 6.08. The summed E-state index contributed by atoms with van der Waals surface area (Å²) >= 11 is 0. The molecular weight excluding hydrogens is 200 g/mol. The van der Waals surface area contributed by atoms with Crippen LogP contribution < -0.4 is 10.5 Å². The molecule has 3 nitrogen and oxygen atoms in total. The number of nitrogens with two attached hydrogens (primary N) is 1. The highest BCUT2D eigenvalue weighted by atomic mass is 16.5. The second kappa shape index (κ2) is 5.30. The van der Waals surface area contributed by atoms with Crippen LogP contribution in [0.2, 0.25) is 0 Å². The van der Waals surface area contributed by atoms with Crippen LogP contribution in [-0.2, 0) is 6.54 Å². The molecule has 0 aliphatic heterocycles. The minimum atomic E-state index is 0.545. The summed E-state index contributed by atoms with van der Waals surface area (Å²) in [7, 11) is 0. The van der Waals surface area contributed by atoms with Gasteiger partial charge in [-0.15, -0.1) is 0 Å². The van der Waals surface area contributed by atoms with Crippen LogP contribution in [0.25, 0.3) is 0 Å². The van der Waals surface area contributed by atoms with Crippen molar-refractivity contribution in [1.29, 1.82) is 0 Å². The van der Waals surface area contributed by atoms with Gasteiger partial charge < -0.3 is 10.5 Å². The highest BCUT2D eigenvalue weighted by Crippen LogP contribution is 2.25. The second-order valence-corrected chi connectivity index (χ2v) is 4.62. The van der Waals surface area contributed by atoms with E-state index >= 15 is 0 Å². The molecule has 0 unspecified atom stereocenters. The largest absolute Gasteiger partial charge is 0.477 e. The molecule has 0 saturated heterocycles. The van der Waals surface area contributed by atoms with Crippen molar-refractivity contribution in [2.45, 2.75) is 39.2 Å². The Bertz CT molecular complexity index is 346. The zero-order valence-corrected chi connectivity index (χ0v) is 9.91. The normalized spacial score (nSPS) is 16.6. The van der Waals surface area contributed by atoms with E-state index in [4.69, 9.17) is 10.5 Å². The zero-order valence-electron chi connectivity index (χ0n) is 9.91. The van der Waals surface area contributed by atoms with Gasteiger partial charge in [-0.2, -0.15) is 0 Å². The molecule has 0 spiro atoms. The summed E-state index contributed by atoms with van der Waals surface area (Å²) < 4.78 is 5.75. The first kappa shape index (κ1) is 11.4. The van der Waals surface area contributed by atoms with Crippen LogP contribution in [-0.4, -0.2) is 11.6 Å². The smallest absolute Gasteiger partial charge is 0.213 e. The lowest BCUT2D eigenvalue weighted by atomic mass is 10.1. The van der Waals surface area contributed by atoms with Gasteiger partial charge in [-0.1, -0.05) is 12.8 Å². The molecule has 3 heteroatoms. The fourth-order valence-electron chi connectivity index (χ4n) is 2.28. The summed E-state index contributed by atoms with van der Waals surface area (Å²) in [5.41, 5.74) is 7.69. The van der Waals surface area contributed by atoms with Crippen LogP contribution in [0.4, 0.5) is 0 Å². The molecule has 0 amide bonds. The number of hydrogen-bond donors (Lipinski definition) is 1. The van der Waals surface area contributed by atoms with Crippen molar-refractivity contribution in [3.8, 4) is 5.88 Å². The fourth-order valence-corrected chi connectivity index (χ4v) is 2.28. The van der Waals surface area contributed by atoms with Crippen molar-refractivity contribution in [2.75, 3.05) is 6.61 Å². The molecule has 2 N–H and O–H groups in total. The van der Waals surface area contributed by atoms with E-state index in [0.29, 0.717) is 6.54 Å². The van der Waals surface area contributed by atoms with E-state index in [1.165, 1.54) is 25.7 Å². The molecule has 0 atom stereocenters. The third-order valence-corrected chi connectivity index (χ3v) is 3.17. The van der Waals surface area contributed by atoms with Gasteiger partial charge in [0, 0.05) is 18.3 Å². The standard InChI is InChI=1S/C13H20N2O/c1-10-6-12(8-14)7-13(15-10)16-9-11-4-2-3-5-11/h6-7,11H,2-5,8-9,14H2,1H3. The van der Waals surface area contributed by atoms with Gasteiger partial charge in [0.1, 0.15) is 0 Å². The minimum Gasteiger partial charge on any atom is -0.477 e. The minimum absolute atomic E-state index is 0.545. The lowest BCUT2D eigenvalue weighted by Gasteiger charge is -2.11. The molecule has 0 radical (unpaired) electrons. The summed E-state index contributed by atoms with van der Waals surface area (Å²) in [5.74, 6) is 1.45. The van der Waals surface area contributed by atoms with E-state index in [2.05, 4.69) is 4.98 Å². The predicted molar refractivity (Wildman–Crippen MR) is 64.3 cm³/mol. The van der Waals surface area contributed by atoms with Crippen LogP contribution >= 0.6 is 0 Å². The van der Waals surface area contributed by atoms with E-state index in [-0.39, 0.29) is 0 Å². The first-order valence-corrected chi connectivity index (χ1v) is 6.08. The molecule has 1 aromatic rings. The summed E-state index contributed by atoms with van der Waals surface area (Å²) in [6, 6.07) is 3.95. The van der Waals surface area contributed by atoms with Gasteiger partial charge in [0.15, 0.2) is 0 Å². The Balaban J connectivity index is 1.94. The van der Waals surface area contributed by atoms with Gasteiger partial charge in [0.2, 0.25) is 5.88 Å². The molecule has 0 aromatic carbocycles. The van der Waals surface area contributed by atoms with E-state index < -0.39 is 0 Å². The van der Waals surface area contributed by atoms with Crippen LogP contribution in [0.1, 0.15) is 36.9 Å².